The third-order valence-corrected chi connectivity index (χ3v) is 8.36. The number of nitrogens with zero attached hydrogens (tertiary/aromatic N) is 1. The van der Waals surface area contributed by atoms with Crippen LogP contribution < -0.4 is 15.9 Å². The van der Waals surface area contributed by atoms with Crippen LogP contribution in [0, 0.1) is 27.7 Å². The van der Waals surface area contributed by atoms with Gasteiger partial charge in [0.2, 0.25) is 0 Å². The minimum absolute atomic E-state index is 0.225. The molecule has 0 radical (unpaired) electrons. The summed E-state index contributed by atoms with van der Waals surface area (Å²) in [4.78, 5) is 2.34. The summed E-state index contributed by atoms with van der Waals surface area (Å²) >= 11 is 0. The molecule has 2 heteroatoms. The van der Waals surface area contributed by atoms with E-state index in [1.165, 1.54) is 49.3 Å². The van der Waals surface area contributed by atoms with E-state index in [2.05, 4.69) is 132 Å². The molecule has 4 aromatic rings. The molecule has 0 aliphatic rings. The summed E-state index contributed by atoms with van der Waals surface area (Å²) < 4.78 is 0. The van der Waals surface area contributed by atoms with E-state index < -0.39 is 7.92 Å². The summed E-state index contributed by atoms with van der Waals surface area (Å²) in [7, 11) is 3.70. The van der Waals surface area contributed by atoms with Crippen LogP contribution in [-0.4, -0.2) is 19.0 Å². The average Bonchev–Trinajstić information content (AvgIpc) is 3.16. The fourth-order valence-corrected chi connectivity index (χ4v) is 7.71. The minimum atomic E-state index is -0.669. The smallest absolute Gasteiger partial charge is 0.00524 e. The van der Waals surface area contributed by atoms with Gasteiger partial charge in [-0.2, -0.15) is 17.7 Å². The quantitative estimate of drug-likeness (QED) is 0.262. The van der Waals surface area contributed by atoms with Gasteiger partial charge >= 0.3 is 0 Å². The van der Waals surface area contributed by atoms with Crippen LogP contribution in [0.4, 0.5) is 0 Å². The zero-order valence-electron chi connectivity index (χ0n) is 20.1. The Kier molecular flexibility index (Phi) is 6.70. The van der Waals surface area contributed by atoms with E-state index in [9.17, 15) is 0 Å². The molecular formula is C30H33NP-. The lowest BCUT2D eigenvalue weighted by molar-refractivity contribution is 0.344. The molecule has 0 saturated heterocycles. The highest BCUT2D eigenvalue weighted by molar-refractivity contribution is 7.80. The van der Waals surface area contributed by atoms with Crippen LogP contribution in [0.2, 0.25) is 0 Å². The maximum atomic E-state index is 2.39. The number of hydrogen-bond donors (Lipinski definition) is 0. The summed E-state index contributed by atoms with van der Waals surface area (Å²) in [6.07, 6.45) is 0. The van der Waals surface area contributed by atoms with Crippen LogP contribution in [0.15, 0.2) is 84.9 Å². The number of aryl methyl sites for hydroxylation is 4. The first kappa shape index (κ1) is 22.6. The van der Waals surface area contributed by atoms with Gasteiger partial charge in [-0.1, -0.05) is 89.0 Å². The third kappa shape index (κ3) is 4.75. The lowest BCUT2D eigenvalue weighted by Crippen LogP contribution is -2.28. The Morgan fingerprint density at radius 2 is 1.19 bits per heavy atom. The van der Waals surface area contributed by atoms with Gasteiger partial charge in [0.25, 0.3) is 0 Å². The van der Waals surface area contributed by atoms with Gasteiger partial charge in [-0.05, 0) is 65.9 Å². The molecule has 0 unspecified atom stereocenters. The molecule has 32 heavy (non-hydrogen) atoms. The van der Waals surface area contributed by atoms with Gasteiger partial charge in [0, 0.05) is 6.04 Å². The SMILES string of the molecule is Cc1cc(C)cc(P(c2cc(C)cc(C)c2)c2[cH-]ccc2[C@@H](c2ccccc2)N(C)C)c1. The Hall–Kier alpha value is -2.60. The van der Waals surface area contributed by atoms with E-state index in [0.717, 1.165) is 0 Å². The molecule has 164 valence electrons. The van der Waals surface area contributed by atoms with Crippen LogP contribution in [0.3, 0.4) is 0 Å². The van der Waals surface area contributed by atoms with Crippen molar-refractivity contribution in [3.05, 3.63) is 118 Å². The van der Waals surface area contributed by atoms with Crippen LogP contribution in [0.25, 0.3) is 0 Å². The molecule has 4 aromatic carbocycles. The standard InChI is InChI=1S/C30H33NP/c1-21-15-22(2)18-26(17-21)32(27-19-23(3)16-24(4)20-27)29-14-10-13-28(29)30(31(5)6)25-11-8-7-9-12-25/h7-20,30H,1-6H3/q-1/t30-/m1/s1. The Bertz CT molecular complexity index is 1110. The molecule has 0 bridgehead atoms. The molecule has 0 aromatic heterocycles. The summed E-state index contributed by atoms with van der Waals surface area (Å²) in [5, 5.41) is 4.32. The first-order valence-electron chi connectivity index (χ1n) is 11.3. The lowest BCUT2D eigenvalue weighted by atomic mass is 10.00. The molecule has 0 spiro atoms. The molecule has 1 atom stereocenters. The summed E-state index contributed by atoms with van der Waals surface area (Å²) in [5.74, 6) is 0. The monoisotopic (exact) mass is 438 g/mol. The van der Waals surface area contributed by atoms with Crippen LogP contribution >= 0.6 is 7.92 Å². The predicted octanol–water partition coefficient (Wildman–Crippen LogP) is 6.05. The topological polar surface area (TPSA) is 3.24 Å². The van der Waals surface area contributed by atoms with Crippen molar-refractivity contribution in [3.63, 3.8) is 0 Å². The Morgan fingerprint density at radius 3 is 1.66 bits per heavy atom. The maximum Gasteiger partial charge on any atom is 0.00524 e. The van der Waals surface area contributed by atoms with E-state index in [0.29, 0.717) is 0 Å². The van der Waals surface area contributed by atoms with Crippen molar-refractivity contribution >= 4 is 23.8 Å². The van der Waals surface area contributed by atoms with Crippen LogP contribution in [0.5, 0.6) is 0 Å². The number of rotatable bonds is 6. The predicted molar refractivity (Wildman–Crippen MR) is 142 cm³/mol. The fraction of sp³-hybridized carbons (Fsp3) is 0.233. The van der Waals surface area contributed by atoms with E-state index in [1.807, 2.05) is 0 Å². The minimum Gasteiger partial charge on any atom is -0.310 e. The largest absolute Gasteiger partial charge is 0.310 e. The molecule has 0 aliphatic carbocycles. The van der Waals surface area contributed by atoms with E-state index in [1.54, 1.807) is 0 Å². The molecule has 0 amide bonds. The van der Waals surface area contributed by atoms with Crippen molar-refractivity contribution in [1.82, 2.24) is 4.90 Å². The zero-order valence-corrected chi connectivity index (χ0v) is 20.9. The van der Waals surface area contributed by atoms with Gasteiger partial charge in [-0.3, -0.25) is 0 Å². The first-order chi connectivity index (χ1) is 15.3. The normalized spacial score (nSPS) is 12.5. The molecular weight excluding hydrogens is 405 g/mol. The number of hydrogen-bond acceptors (Lipinski definition) is 1. The Morgan fingerprint density at radius 1 is 0.688 bits per heavy atom. The first-order valence-corrected chi connectivity index (χ1v) is 12.6. The van der Waals surface area contributed by atoms with Crippen LogP contribution in [0.1, 0.15) is 39.4 Å². The average molecular weight is 439 g/mol. The lowest BCUT2D eigenvalue weighted by Gasteiger charge is -2.34. The van der Waals surface area contributed by atoms with Gasteiger partial charge in [0.15, 0.2) is 0 Å². The fourth-order valence-electron chi connectivity index (χ4n) is 4.84. The van der Waals surface area contributed by atoms with E-state index in [-0.39, 0.29) is 6.04 Å². The molecule has 4 rings (SSSR count). The summed E-state index contributed by atoms with van der Waals surface area (Å²) in [5.41, 5.74) is 8.06. The second-order valence-electron chi connectivity index (χ2n) is 9.17. The van der Waals surface area contributed by atoms with Gasteiger partial charge in [0.1, 0.15) is 0 Å². The van der Waals surface area contributed by atoms with Crippen molar-refractivity contribution < 1.29 is 0 Å². The zero-order chi connectivity index (χ0) is 22.8. The molecule has 0 N–H and O–H groups in total. The van der Waals surface area contributed by atoms with Crippen molar-refractivity contribution in [1.29, 1.82) is 0 Å². The molecule has 0 fully saturated rings. The highest BCUT2D eigenvalue weighted by Gasteiger charge is 2.21. The molecule has 1 nitrogen and oxygen atoms in total. The third-order valence-electron chi connectivity index (χ3n) is 5.92. The molecule has 0 saturated carbocycles. The van der Waals surface area contributed by atoms with Crippen molar-refractivity contribution in [2.24, 2.45) is 0 Å². The van der Waals surface area contributed by atoms with Crippen molar-refractivity contribution in [2.45, 2.75) is 33.7 Å². The Balaban J connectivity index is 1.95. The number of benzene rings is 3. The molecule has 0 heterocycles. The second kappa shape index (κ2) is 9.49. The van der Waals surface area contributed by atoms with Gasteiger partial charge in [0.05, 0.1) is 0 Å². The van der Waals surface area contributed by atoms with Gasteiger partial charge in [-0.15, -0.1) is 5.30 Å². The molecule has 0 aliphatic heterocycles. The van der Waals surface area contributed by atoms with E-state index >= 15 is 0 Å². The van der Waals surface area contributed by atoms with E-state index in [4.69, 9.17) is 0 Å². The summed E-state index contributed by atoms with van der Waals surface area (Å²) in [6.45, 7) is 8.85. The van der Waals surface area contributed by atoms with Gasteiger partial charge < -0.3 is 4.90 Å². The van der Waals surface area contributed by atoms with Crippen molar-refractivity contribution in [3.8, 4) is 0 Å². The maximum absolute atomic E-state index is 2.39. The summed E-state index contributed by atoms with van der Waals surface area (Å²) in [6, 6.07) is 32.1. The van der Waals surface area contributed by atoms with Crippen molar-refractivity contribution in [2.75, 3.05) is 14.1 Å². The van der Waals surface area contributed by atoms with Crippen LogP contribution in [-0.2, 0) is 0 Å². The Labute approximate surface area is 194 Å². The second-order valence-corrected chi connectivity index (χ2v) is 11.4. The highest BCUT2D eigenvalue weighted by Crippen LogP contribution is 2.39. The highest BCUT2D eigenvalue weighted by atomic mass is 31.1. The van der Waals surface area contributed by atoms with Gasteiger partial charge in [-0.25, -0.2) is 6.07 Å².